The monoisotopic (exact) mass is 337 g/mol. The Kier molecular flexibility index (Phi) is 3.73. The number of carbonyl (C=O) groups is 1. The molecule has 2 aromatic heterocycles. The lowest BCUT2D eigenvalue weighted by Crippen LogP contribution is -2.47. The first kappa shape index (κ1) is 15.7. The van der Waals surface area contributed by atoms with Gasteiger partial charge < -0.3 is 9.67 Å². The summed E-state index contributed by atoms with van der Waals surface area (Å²) in [6.45, 7) is 5.28. The van der Waals surface area contributed by atoms with Crippen LogP contribution in [0.15, 0.2) is 30.5 Å². The number of benzene rings is 1. The van der Waals surface area contributed by atoms with Gasteiger partial charge in [-0.1, -0.05) is 12.1 Å². The quantitative estimate of drug-likeness (QED) is 0.786. The molecular weight excluding hydrogens is 318 g/mol. The maximum atomic E-state index is 11.8. The third-order valence-corrected chi connectivity index (χ3v) is 4.78. The van der Waals surface area contributed by atoms with E-state index in [4.69, 9.17) is 0 Å². The van der Waals surface area contributed by atoms with Crippen LogP contribution >= 0.6 is 0 Å². The lowest BCUT2D eigenvalue weighted by Gasteiger charge is -2.33. The summed E-state index contributed by atoms with van der Waals surface area (Å²) in [6.07, 6.45) is 1.79. The molecule has 128 valence electrons. The smallest absolute Gasteiger partial charge is 0.322 e. The second-order valence-corrected chi connectivity index (χ2v) is 6.52. The van der Waals surface area contributed by atoms with Crippen molar-refractivity contribution in [2.45, 2.75) is 39.5 Å². The second kappa shape index (κ2) is 5.93. The summed E-state index contributed by atoms with van der Waals surface area (Å²) in [4.78, 5) is 18.1. The number of hydrogen-bond acceptors (Lipinski definition) is 5. The molecule has 1 aliphatic rings. The van der Waals surface area contributed by atoms with E-state index in [2.05, 4.69) is 27.3 Å². The van der Waals surface area contributed by atoms with Gasteiger partial charge in [0.1, 0.15) is 17.7 Å². The molecular formula is C18H19N5O2. The molecule has 0 aliphatic carbocycles. The van der Waals surface area contributed by atoms with Crippen LogP contribution in [0.1, 0.15) is 22.8 Å². The van der Waals surface area contributed by atoms with Crippen molar-refractivity contribution in [3.8, 4) is 0 Å². The molecule has 3 heterocycles. The minimum atomic E-state index is -0.821. The fourth-order valence-corrected chi connectivity index (χ4v) is 3.54. The van der Waals surface area contributed by atoms with Gasteiger partial charge in [-0.2, -0.15) is 0 Å². The maximum Gasteiger partial charge on any atom is 0.322 e. The van der Waals surface area contributed by atoms with Crippen LogP contribution in [0.3, 0.4) is 0 Å². The van der Waals surface area contributed by atoms with Gasteiger partial charge in [-0.3, -0.25) is 14.7 Å². The number of carboxylic acids is 1. The summed E-state index contributed by atoms with van der Waals surface area (Å²) in [5.41, 5.74) is 3.15. The maximum absolute atomic E-state index is 11.8. The SMILES string of the molecule is Cc1cc(CN2Cc3nnc(C)n3CC2C(=O)O)cc2cccnc12. The molecule has 1 aromatic carbocycles. The summed E-state index contributed by atoms with van der Waals surface area (Å²) in [7, 11) is 0. The molecule has 0 fully saturated rings. The zero-order valence-electron chi connectivity index (χ0n) is 14.2. The molecule has 7 nitrogen and oxygen atoms in total. The highest BCUT2D eigenvalue weighted by atomic mass is 16.4. The van der Waals surface area contributed by atoms with Gasteiger partial charge in [0.2, 0.25) is 0 Å². The Morgan fingerprint density at radius 1 is 1.32 bits per heavy atom. The second-order valence-electron chi connectivity index (χ2n) is 6.52. The number of fused-ring (bicyclic) bond motifs is 2. The molecule has 1 N–H and O–H groups in total. The van der Waals surface area contributed by atoms with Crippen molar-refractivity contribution in [1.82, 2.24) is 24.6 Å². The normalized spacial score (nSPS) is 17.6. The molecule has 1 atom stereocenters. The standard InChI is InChI=1S/C18H19N5O2/c1-11-6-13(7-14-4-3-5-19-17(11)14)8-22-10-16-21-20-12(2)23(16)9-15(22)18(24)25/h3-7,15H,8-10H2,1-2H3,(H,24,25). The van der Waals surface area contributed by atoms with E-state index in [1.807, 2.05) is 35.4 Å². The minimum absolute atomic E-state index is 0.373. The Morgan fingerprint density at radius 2 is 2.16 bits per heavy atom. The molecule has 0 bridgehead atoms. The number of aryl methyl sites for hydroxylation is 2. The van der Waals surface area contributed by atoms with Gasteiger partial charge in [0.15, 0.2) is 0 Å². The number of carboxylic acid groups (broad SMARTS) is 1. The zero-order valence-corrected chi connectivity index (χ0v) is 14.2. The lowest BCUT2D eigenvalue weighted by atomic mass is 10.0. The Bertz CT molecular complexity index is 965. The molecule has 0 spiro atoms. The zero-order chi connectivity index (χ0) is 17.6. The fourth-order valence-electron chi connectivity index (χ4n) is 3.54. The van der Waals surface area contributed by atoms with Crippen LogP contribution in [-0.4, -0.2) is 41.8 Å². The van der Waals surface area contributed by atoms with Gasteiger partial charge in [0, 0.05) is 18.1 Å². The first-order chi connectivity index (χ1) is 12.0. The van der Waals surface area contributed by atoms with Crippen molar-refractivity contribution in [2.75, 3.05) is 0 Å². The van der Waals surface area contributed by atoms with Gasteiger partial charge in [-0.15, -0.1) is 10.2 Å². The van der Waals surface area contributed by atoms with Gasteiger partial charge in [0.05, 0.1) is 18.6 Å². The van der Waals surface area contributed by atoms with E-state index in [0.29, 0.717) is 19.6 Å². The van der Waals surface area contributed by atoms with Crippen LogP contribution in [-0.2, 0) is 24.4 Å². The number of aliphatic carboxylic acids is 1. The predicted octanol–water partition coefficient (Wildman–Crippen LogP) is 1.91. The van der Waals surface area contributed by atoms with Crippen molar-refractivity contribution in [3.63, 3.8) is 0 Å². The number of pyridine rings is 1. The van der Waals surface area contributed by atoms with Crippen molar-refractivity contribution in [2.24, 2.45) is 0 Å². The van der Waals surface area contributed by atoms with Gasteiger partial charge in [-0.05, 0) is 37.1 Å². The molecule has 0 amide bonds. The van der Waals surface area contributed by atoms with E-state index in [9.17, 15) is 9.90 Å². The van der Waals surface area contributed by atoms with Crippen molar-refractivity contribution >= 4 is 16.9 Å². The first-order valence-electron chi connectivity index (χ1n) is 8.22. The van der Waals surface area contributed by atoms with Crippen LogP contribution in [0, 0.1) is 13.8 Å². The summed E-state index contributed by atoms with van der Waals surface area (Å²) >= 11 is 0. The van der Waals surface area contributed by atoms with Crippen LogP contribution < -0.4 is 0 Å². The highest BCUT2D eigenvalue weighted by molar-refractivity contribution is 5.82. The third-order valence-electron chi connectivity index (χ3n) is 4.78. The Balaban J connectivity index is 1.68. The van der Waals surface area contributed by atoms with E-state index in [0.717, 1.165) is 33.7 Å². The van der Waals surface area contributed by atoms with Gasteiger partial charge in [0.25, 0.3) is 0 Å². The highest BCUT2D eigenvalue weighted by Crippen LogP contribution is 2.24. The summed E-state index contributed by atoms with van der Waals surface area (Å²) in [5, 5.41) is 19.0. The van der Waals surface area contributed by atoms with Crippen LogP contribution in [0.5, 0.6) is 0 Å². The van der Waals surface area contributed by atoms with Crippen LogP contribution in [0.2, 0.25) is 0 Å². The summed E-state index contributed by atoms with van der Waals surface area (Å²) in [6, 6.07) is 7.52. The molecule has 4 rings (SSSR count). The fraction of sp³-hybridized carbons (Fsp3) is 0.333. The first-order valence-corrected chi connectivity index (χ1v) is 8.22. The van der Waals surface area contributed by atoms with E-state index in [-0.39, 0.29) is 0 Å². The molecule has 0 saturated carbocycles. The van der Waals surface area contributed by atoms with Crippen molar-refractivity contribution < 1.29 is 9.90 Å². The molecule has 3 aromatic rings. The number of aromatic nitrogens is 4. The minimum Gasteiger partial charge on any atom is -0.480 e. The van der Waals surface area contributed by atoms with E-state index in [1.54, 1.807) is 6.20 Å². The Hall–Kier alpha value is -2.80. The van der Waals surface area contributed by atoms with Crippen LogP contribution in [0.25, 0.3) is 10.9 Å². The average Bonchev–Trinajstić information content (AvgIpc) is 2.94. The third kappa shape index (κ3) is 2.76. The summed E-state index contributed by atoms with van der Waals surface area (Å²) < 4.78 is 1.89. The topological polar surface area (TPSA) is 84.1 Å². The largest absolute Gasteiger partial charge is 0.480 e. The number of rotatable bonds is 3. The van der Waals surface area contributed by atoms with E-state index < -0.39 is 12.0 Å². The molecule has 1 unspecified atom stereocenters. The number of hydrogen-bond donors (Lipinski definition) is 1. The average molecular weight is 337 g/mol. The Morgan fingerprint density at radius 3 is 2.96 bits per heavy atom. The summed E-state index contributed by atoms with van der Waals surface area (Å²) in [5.74, 6) is 0.751. The van der Waals surface area contributed by atoms with Gasteiger partial charge in [-0.25, -0.2) is 0 Å². The Labute approximate surface area is 144 Å². The molecule has 0 radical (unpaired) electrons. The molecule has 7 heteroatoms. The van der Waals surface area contributed by atoms with Crippen molar-refractivity contribution in [3.05, 3.63) is 53.2 Å². The van der Waals surface area contributed by atoms with Crippen LogP contribution in [0.4, 0.5) is 0 Å². The van der Waals surface area contributed by atoms with E-state index in [1.165, 1.54) is 0 Å². The molecule has 0 saturated heterocycles. The predicted molar refractivity (Wildman–Crippen MR) is 91.9 cm³/mol. The lowest BCUT2D eigenvalue weighted by molar-refractivity contribution is -0.145. The van der Waals surface area contributed by atoms with Crippen molar-refractivity contribution in [1.29, 1.82) is 0 Å². The highest BCUT2D eigenvalue weighted by Gasteiger charge is 2.33. The van der Waals surface area contributed by atoms with E-state index >= 15 is 0 Å². The van der Waals surface area contributed by atoms with Gasteiger partial charge >= 0.3 is 5.97 Å². The molecule has 25 heavy (non-hydrogen) atoms. The number of nitrogens with zero attached hydrogens (tertiary/aromatic N) is 5. The molecule has 1 aliphatic heterocycles.